The maximum atomic E-state index is 12.6. The number of aryl methyl sites for hydroxylation is 1. The first-order valence-corrected chi connectivity index (χ1v) is 7.78. The molecule has 0 aliphatic carbocycles. The van der Waals surface area contributed by atoms with E-state index in [4.69, 9.17) is 9.84 Å². The summed E-state index contributed by atoms with van der Waals surface area (Å²) in [6.07, 6.45) is 0.960. The number of ether oxygens (including phenoxy) is 1. The molecule has 0 atom stereocenters. The number of carboxylic acids is 1. The quantitative estimate of drug-likeness (QED) is 0.914. The minimum absolute atomic E-state index is 0.0967. The SMILES string of the molecule is Cc1ccnc(N(Cc2cccc(C(=O)O)c2)C(=O)OC(C)(C)C)n1. The van der Waals surface area contributed by atoms with Crippen molar-refractivity contribution in [2.75, 3.05) is 4.90 Å². The van der Waals surface area contributed by atoms with Gasteiger partial charge in [-0.1, -0.05) is 12.1 Å². The predicted molar refractivity (Wildman–Crippen MR) is 92.6 cm³/mol. The normalized spacial score (nSPS) is 11.0. The molecule has 2 rings (SSSR count). The Balaban J connectivity index is 2.36. The van der Waals surface area contributed by atoms with Crippen LogP contribution in [0.25, 0.3) is 0 Å². The van der Waals surface area contributed by atoms with E-state index in [1.54, 1.807) is 52.1 Å². The van der Waals surface area contributed by atoms with Crippen molar-refractivity contribution < 1.29 is 19.4 Å². The minimum atomic E-state index is -1.03. The summed E-state index contributed by atoms with van der Waals surface area (Å²) in [6.45, 7) is 7.20. The van der Waals surface area contributed by atoms with E-state index < -0.39 is 17.7 Å². The summed E-state index contributed by atoms with van der Waals surface area (Å²) in [5.41, 5.74) is 0.808. The summed E-state index contributed by atoms with van der Waals surface area (Å²) in [5.74, 6) is -0.826. The lowest BCUT2D eigenvalue weighted by molar-refractivity contribution is 0.0574. The van der Waals surface area contributed by atoms with Gasteiger partial charge < -0.3 is 9.84 Å². The zero-order chi connectivity index (χ0) is 18.6. The minimum Gasteiger partial charge on any atom is -0.478 e. The second kappa shape index (κ2) is 7.29. The summed E-state index contributed by atoms with van der Waals surface area (Å²) < 4.78 is 5.43. The fourth-order valence-corrected chi connectivity index (χ4v) is 2.08. The summed E-state index contributed by atoms with van der Waals surface area (Å²) in [4.78, 5) is 33.5. The molecule has 25 heavy (non-hydrogen) atoms. The van der Waals surface area contributed by atoms with Crippen molar-refractivity contribution in [3.05, 3.63) is 53.3 Å². The number of nitrogens with zero attached hydrogens (tertiary/aromatic N) is 3. The molecule has 2 aromatic rings. The van der Waals surface area contributed by atoms with E-state index in [1.165, 1.54) is 17.0 Å². The Hall–Kier alpha value is -2.96. The molecule has 132 valence electrons. The Morgan fingerprint density at radius 2 is 1.96 bits per heavy atom. The molecular weight excluding hydrogens is 322 g/mol. The van der Waals surface area contributed by atoms with Gasteiger partial charge in [0.1, 0.15) is 5.60 Å². The van der Waals surface area contributed by atoms with Gasteiger partial charge in [-0.05, 0) is 51.5 Å². The molecule has 0 bridgehead atoms. The lowest BCUT2D eigenvalue weighted by Crippen LogP contribution is -2.37. The number of rotatable bonds is 4. The molecular formula is C18H21N3O4. The largest absolute Gasteiger partial charge is 0.478 e. The van der Waals surface area contributed by atoms with Crippen molar-refractivity contribution in [2.45, 2.75) is 39.8 Å². The molecule has 7 heteroatoms. The van der Waals surface area contributed by atoms with Crippen molar-refractivity contribution in [1.82, 2.24) is 9.97 Å². The van der Waals surface area contributed by atoms with E-state index in [0.717, 1.165) is 0 Å². The molecule has 1 aromatic carbocycles. The van der Waals surface area contributed by atoms with Gasteiger partial charge in [-0.25, -0.2) is 24.5 Å². The van der Waals surface area contributed by atoms with E-state index in [2.05, 4.69) is 9.97 Å². The van der Waals surface area contributed by atoms with E-state index in [9.17, 15) is 9.59 Å². The zero-order valence-electron chi connectivity index (χ0n) is 14.7. The average Bonchev–Trinajstić information content (AvgIpc) is 2.51. The first kappa shape index (κ1) is 18.4. The van der Waals surface area contributed by atoms with Gasteiger partial charge in [0, 0.05) is 11.9 Å². The molecule has 0 radical (unpaired) electrons. The number of benzene rings is 1. The number of hydrogen-bond acceptors (Lipinski definition) is 5. The molecule has 0 spiro atoms. The van der Waals surface area contributed by atoms with Crippen LogP contribution in [-0.2, 0) is 11.3 Å². The van der Waals surface area contributed by atoms with Crippen molar-refractivity contribution in [3.8, 4) is 0 Å². The number of amides is 1. The van der Waals surface area contributed by atoms with Crippen LogP contribution >= 0.6 is 0 Å². The summed E-state index contributed by atoms with van der Waals surface area (Å²) in [5, 5.41) is 9.13. The zero-order valence-corrected chi connectivity index (χ0v) is 14.7. The lowest BCUT2D eigenvalue weighted by Gasteiger charge is -2.26. The molecule has 1 heterocycles. The van der Waals surface area contributed by atoms with Crippen molar-refractivity contribution in [1.29, 1.82) is 0 Å². The Bertz CT molecular complexity index is 784. The van der Waals surface area contributed by atoms with Gasteiger partial charge in [-0.2, -0.15) is 0 Å². The highest BCUT2D eigenvalue weighted by Gasteiger charge is 2.25. The molecule has 1 amide bonds. The van der Waals surface area contributed by atoms with Gasteiger partial charge >= 0.3 is 12.1 Å². The Morgan fingerprint density at radius 3 is 2.56 bits per heavy atom. The van der Waals surface area contributed by atoms with Crippen LogP contribution in [0.2, 0.25) is 0 Å². The standard InChI is InChI=1S/C18H21N3O4/c1-12-8-9-19-16(20-12)21(17(24)25-18(2,3)4)11-13-6-5-7-14(10-13)15(22)23/h5-10H,11H2,1-4H3,(H,22,23). The third kappa shape index (κ3) is 5.27. The van der Waals surface area contributed by atoms with Crippen LogP contribution in [0.3, 0.4) is 0 Å². The summed E-state index contributed by atoms with van der Waals surface area (Å²) in [6, 6.07) is 8.09. The Morgan fingerprint density at radius 1 is 1.24 bits per heavy atom. The topological polar surface area (TPSA) is 92.6 Å². The first-order chi connectivity index (χ1) is 11.7. The summed E-state index contributed by atoms with van der Waals surface area (Å²) in [7, 11) is 0. The van der Waals surface area contributed by atoms with Crippen LogP contribution in [0.4, 0.5) is 10.7 Å². The van der Waals surface area contributed by atoms with Gasteiger partial charge in [0.25, 0.3) is 0 Å². The first-order valence-electron chi connectivity index (χ1n) is 7.78. The monoisotopic (exact) mass is 343 g/mol. The average molecular weight is 343 g/mol. The molecule has 0 saturated heterocycles. The lowest BCUT2D eigenvalue weighted by atomic mass is 10.1. The number of carbonyl (C=O) groups excluding carboxylic acids is 1. The van der Waals surface area contributed by atoms with Crippen LogP contribution in [-0.4, -0.2) is 32.7 Å². The van der Waals surface area contributed by atoms with Crippen LogP contribution in [0, 0.1) is 6.92 Å². The summed E-state index contributed by atoms with van der Waals surface area (Å²) >= 11 is 0. The number of aromatic carboxylic acids is 1. The van der Waals surface area contributed by atoms with Crippen molar-refractivity contribution in [3.63, 3.8) is 0 Å². The maximum Gasteiger partial charge on any atom is 0.417 e. The van der Waals surface area contributed by atoms with Gasteiger partial charge in [0.2, 0.25) is 5.95 Å². The highest BCUT2D eigenvalue weighted by atomic mass is 16.6. The van der Waals surface area contributed by atoms with Crippen LogP contribution < -0.4 is 4.90 Å². The van der Waals surface area contributed by atoms with E-state index in [-0.39, 0.29) is 18.1 Å². The molecule has 1 aromatic heterocycles. The van der Waals surface area contributed by atoms with Crippen LogP contribution in [0.5, 0.6) is 0 Å². The molecule has 0 unspecified atom stereocenters. The number of carbonyl (C=O) groups is 2. The molecule has 0 saturated carbocycles. The molecule has 0 aliphatic rings. The fraction of sp³-hybridized carbons (Fsp3) is 0.333. The number of carboxylic acid groups (broad SMARTS) is 1. The Labute approximate surface area is 146 Å². The number of hydrogen-bond donors (Lipinski definition) is 1. The highest BCUT2D eigenvalue weighted by molar-refractivity contribution is 5.88. The second-order valence-electron chi connectivity index (χ2n) is 6.57. The molecule has 0 aliphatic heterocycles. The van der Waals surface area contributed by atoms with Gasteiger partial charge in [0.05, 0.1) is 12.1 Å². The van der Waals surface area contributed by atoms with E-state index in [1.807, 2.05) is 0 Å². The van der Waals surface area contributed by atoms with Crippen LogP contribution in [0.1, 0.15) is 42.4 Å². The van der Waals surface area contributed by atoms with Crippen molar-refractivity contribution in [2.24, 2.45) is 0 Å². The third-order valence-electron chi connectivity index (χ3n) is 3.15. The van der Waals surface area contributed by atoms with Gasteiger partial charge in [-0.3, -0.25) is 0 Å². The smallest absolute Gasteiger partial charge is 0.417 e. The number of anilines is 1. The maximum absolute atomic E-state index is 12.6. The fourth-order valence-electron chi connectivity index (χ4n) is 2.08. The van der Waals surface area contributed by atoms with Gasteiger partial charge in [-0.15, -0.1) is 0 Å². The van der Waals surface area contributed by atoms with E-state index in [0.29, 0.717) is 11.3 Å². The predicted octanol–water partition coefficient (Wildman–Crippen LogP) is 3.42. The molecule has 0 fully saturated rings. The third-order valence-corrected chi connectivity index (χ3v) is 3.15. The molecule has 1 N–H and O–H groups in total. The number of aromatic nitrogens is 2. The van der Waals surface area contributed by atoms with Gasteiger partial charge in [0.15, 0.2) is 0 Å². The second-order valence-corrected chi connectivity index (χ2v) is 6.57. The Kier molecular flexibility index (Phi) is 5.36. The van der Waals surface area contributed by atoms with Crippen LogP contribution in [0.15, 0.2) is 36.5 Å². The van der Waals surface area contributed by atoms with E-state index >= 15 is 0 Å². The highest BCUT2D eigenvalue weighted by Crippen LogP contribution is 2.18. The van der Waals surface area contributed by atoms with Crippen molar-refractivity contribution >= 4 is 18.0 Å². The molecule has 7 nitrogen and oxygen atoms in total.